The van der Waals surface area contributed by atoms with Gasteiger partial charge in [-0.2, -0.15) is 0 Å². The number of hydrogen-bond donors (Lipinski definition) is 2. The number of carbonyl (C=O) groups is 1. The number of ether oxygens (including phenoxy) is 1. The maximum atomic E-state index is 10.8. The van der Waals surface area contributed by atoms with Gasteiger partial charge >= 0.3 is 5.97 Å². The zero-order valence-electron chi connectivity index (χ0n) is 8.07. The number of nitrogens with one attached hydrogen (secondary N) is 2. The fourth-order valence-corrected chi connectivity index (χ4v) is 0.806. The van der Waals surface area contributed by atoms with Gasteiger partial charge in [-0.1, -0.05) is 0 Å². The van der Waals surface area contributed by atoms with Gasteiger partial charge in [0.15, 0.2) is 0 Å². The second-order valence-corrected chi connectivity index (χ2v) is 2.47. The van der Waals surface area contributed by atoms with E-state index in [0.717, 1.165) is 0 Å². The van der Waals surface area contributed by atoms with Gasteiger partial charge in [0.05, 0.1) is 19.5 Å². The SMILES string of the molecule is CNc1cncc(NCC(=O)OC)n1. The summed E-state index contributed by atoms with van der Waals surface area (Å²) < 4.78 is 4.46. The van der Waals surface area contributed by atoms with Crippen molar-refractivity contribution >= 4 is 17.6 Å². The van der Waals surface area contributed by atoms with Crippen LogP contribution in [-0.2, 0) is 9.53 Å². The third-order valence-electron chi connectivity index (χ3n) is 1.53. The minimum atomic E-state index is -0.346. The minimum absolute atomic E-state index is 0.0817. The molecule has 0 saturated heterocycles. The molecule has 0 saturated carbocycles. The molecular weight excluding hydrogens is 184 g/mol. The van der Waals surface area contributed by atoms with E-state index in [4.69, 9.17) is 0 Å². The first-order valence-corrected chi connectivity index (χ1v) is 4.06. The predicted octanol–water partition coefficient (Wildman–Crippen LogP) is 0.103. The molecule has 0 aliphatic rings. The van der Waals surface area contributed by atoms with Crippen LogP contribution in [0, 0.1) is 0 Å². The third kappa shape index (κ3) is 2.89. The fourth-order valence-electron chi connectivity index (χ4n) is 0.806. The summed E-state index contributed by atoms with van der Waals surface area (Å²) in [7, 11) is 3.08. The maximum absolute atomic E-state index is 10.8. The Morgan fingerprint density at radius 1 is 1.50 bits per heavy atom. The number of carbonyl (C=O) groups excluding carboxylic acids is 1. The molecule has 1 heterocycles. The smallest absolute Gasteiger partial charge is 0.325 e. The summed E-state index contributed by atoms with van der Waals surface area (Å²) in [5, 5.41) is 5.62. The molecule has 0 aromatic carbocycles. The molecule has 6 heteroatoms. The molecule has 0 fully saturated rings. The van der Waals surface area contributed by atoms with Crippen LogP contribution in [0.2, 0.25) is 0 Å². The number of methoxy groups -OCH3 is 1. The highest BCUT2D eigenvalue weighted by Gasteiger charge is 2.01. The number of esters is 1. The van der Waals surface area contributed by atoms with E-state index >= 15 is 0 Å². The standard InChI is InChI=1S/C8H12N4O2/c1-9-6-3-10-4-7(12-6)11-5-8(13)14-2/h3-4H,5H2,1-2H3,(H2,9,11,12). The second-order valence-electron chi connectivity index (χ2n) is 2.47. The molecule has 0 unspecified atom stereocenters. The van der Waals surface area contributed by atoms with E-state index in [2.05, 4.69) is 25.3 Å². The van der Waals surface area contributed by atoms with Crippen LogP contribution in [0.1, 0.15) is 0 Å². The molecule has 1 aromatic rings. The lowest BCUT2D eigenvalue weighted by atomic mass is 10.5. The monoisotopic (exact) mass is 196 g/mol. The quantitative estimate of drug-likeness (QED) is 0.665. The van der Waals surface area contributed by atoms with Gasteiger partial charge in [-0.3, -0.25) is 9.78 Å². The van der Waals surface area contributed by atoms with E-state index in [0.29, 0.717) is 11.6 Å². The zero-order chi connectivity index (χ0) is 10.4. The van der Waals surface area contributed by atoms with E-state index < -0.39 is 0 Å². The summed E-state index contributed by atoms with van der Waals surface area (Å²) in [6.07, 6.45) is 3.12. The first kappa shape index (κ1) is 10.2. The van der Waals surface area contributed by atoms with Crippen LogP contribution >= 0.6 is 0 Å². The number of aromatic nitrogens is 2. The third-order valence-corrected chi connectivity index (χ3v) is 1.53. The average molecular weight is 196 g/mol. The Kier molecular flexibility index (Phi) is 3.66. The van der Waals surface area contributed by atoms with Crippen LogP contribution in [0.3, 0.4) is 0 Å². The van der Waals surface area contributed by atoms with Crippen molar-refractivity contribution in [3.63, 3.8) is 0 Å². The summed E-state index contributed by atoms with van der Waals surface area (Å²) in [6.45, 7) is 0.0817. The molecular formula is C8H12N4O2. The summed E-state index contributed by atoms with van der Waals surface area (Å²) in [4.78, 5) is 18.8. The van der Waals surface area contributed by atoms with E-state index in [1.165, 1.54) is 13.3 Å². The Morgan fingerprint density at radius 3 is 2.86 bits per heavy atom. The Hall–Kier alpha value is -1.85. The summed E-state index contributed by atoms with van der Waals surface area (Å²) in [6, 6.07) is 0. The highest BCUT2D eigenvalue weighted by molar-refractivity contribution is 5.74. The molecule has 0 atom stereocenters. The molecule has 14 heavy (non-hydrogen) atoms. The number of anilines is 2. The van der Waals surface area contributed by atoms with Gasteiger partial charge in [0.2, 0.25) is 0 Å². The topological polar surface area (TPSA) is 76.1 Å². The Morgan fingerprint density at radius 2 is 2.21 bits per heavy atom. The molecule has 0 spiro atoms. The van der Waals surface area contributed by atoms with E-state index in [-0.39, 0.29) is 12.5 Å². The Bertz CT molecular complexity index is 316. The minimum Gasteiger partial charge on any atom is -0.468 e. The average Bonchev–Trinajstić information content (AvgIpc) is 2.26. The van der Waals surface area contributed by atoms with Gasteiger partial charge in [0, 0.05) is 7.05 Å². The fraction of sp³-hybridized carbons (Fsp3) is 0.375. The van der Waals surface area contributed by atoms with Crippen LogP contribution in [0.25, 0.3) is 0 Å². The molecule has 0 radical (unpaired) electrons. The molecule has 0 amide bonds. The first-order valence-electron chi connectivity index (χ1n) is 4.06. The molecule has 76 valence electrons. The molecule has 0 bridgehead atoms. The van der Waals surface area contributed by atoms with Crippen LogP contribution in [0.15, 0.2) is 12.4 Å². The number of rotatable bonds is 4. The molecule has 1 aromatic heterocycles. The van der Waals surface area contributed by atoms with Crippen molar-refractivity contribution < 1.29 is 9.53 Å². The highest BCUT2D eigenvalue weighted by Crippen LogP contribution is 2.04. The van der Waals surface area contributed by atoms with Crippen molar-refractivity contribution in [2.75, 3.05) is 31.3 Å². The highest BCUT2D eigenvalue weighted by atomic mass is 16.5. The predicted molar refractivity (Wildman–Crippen MR) is 52.1 cm³/mol. The molecule has 0 aliphatic carbocycles. The first-order chi connectivity index (χ1) is 6.76. The van der Waals surface area contributed by atoms with Crippen LogP contribution in [-0.4, -0.2) is 36.6 Å². The zero-order valence-corrected chi connectivity index (χ0v) is 8.07. The van der Waals surface area contributed by atoms with Gasteiger partial charge < -0.3 is 15.4 Å². The number of hydrogen-bond acceptors (Lipinski definition) is 6. The van der Waals surface area contributed by atoms with Gasteiger partial charge in [-0.15, -0.1) is 0 Å². The summed E-state index contributed by atoms with van der Waals surface area (Å²) >= 11 is 0. The molecule has 0 aliphatic heterocycles. The number of nitrogens with zero attached hydrogens (tertiary/aromatic N) is 2. The van der Waals surface area contributed by atoms with Crippen LogP contribution in [0.4, 0.5) is 11.6 Å². The van der Waals surface area contributed by atoms with Gasteiger partial charge in [-0.05, 0) is 0 Å². The van der Waals surface area contributed by atoms with Crippen molar-refractivity contribution in [3.8, 4) is 0 Å². The molecule has 6 nitrogen and oxygen atoms in total. The Labute approximate surface area is 81.7 Å². The Balaban J connectivity index is 2.54. The second kappa shape index (κ2) is 5.00. The van der Waals surface area contributed by atoms with Crippen LogP contribution in [0.5, 0.6) is 0 Å². The van der Waals surface area contributed by atoms with Crippen molar-refractivity contribution in [1.82, 2.24) is 9.97 Å². The van der Waals surface area contributed by atoms with E-state index in [1.54, 1.807) is 13.2 Å². The van der Waals surface area contributed by atoms with E-state index in [1.807, 2.05) is 0 Å². The normalized spacial score (nSPS) is 9.29. The summed E-state index contributed by atoms with van der Waals surface area (Å²) in [5.41, 5.74) is 0. The van der Waals surface area contributed by atoms with Gasteiger partial charge in [0.25, 0.3) is 0 Å². The molecule has 2 N–H and O–H groups in total. The van der Waals surface area contributed by atoms with Gasteiger partial charge in [0.1, 0.15) is 18.2 Å². The molecule has 1 rings (SSSR count). The van der Waals surface area contributed by atoms with Crippen molar-refractivity contribution in [2.45, 2.75) is 0 Å². The maximum Gasteiger partial charge on any atom is 0.325 e. The van der Waals surface area contributed by atoms with Crippen LogP contribution < -0.4 is 10.6 Å². The lowest BCUT2D eigenvalue weighted by Gasteiger charge is -2.04. The summed E-state index contributed by atoms with van der Waals surface area (Å²) in [5.74, 6) is 0.823. The van der Waals surface area contributed by atoms with Crippen molar-refractivity contribution in [3.05, 3.63) is 12.4 Å². The lowest BCUT2D eigenvalue weighted by molar-refractivity contribution is -0.138. The largest absolute Gasteiger partial charge is 0.468 e. The van der Waals surface area contributed by atoms with Crippen molar-refractivity contribution in [1.29, 1.82) is 0 Å². The lowest BCUT2D eigenvalue weighted by Crippen LogP contribution is -2.16. The van der Waals surface area contributed by atoms with Gasteiger partial charge in [-0.25, -0.2) is 4.98 Å². The van der Waals surface area contributed by atoms with Crippen molar-refractivity contribution in [2.24, 2.45) is 0 Å². The van der Waals surface area contributed by atoms with E-state index in [9.17, 15) is 4.79 Å².